The summed E-state index contributed by atoms with van der Waals surface area (Å²) in [5.41, 5.74) is 4.90. The van der Waals surface area contributed by atoms with Crippen molar-refractivity contribution in [3.05, 3.63) is 65.4 Å². The molecule has 0 spiro atoms. The lowest BCUT2D eigenvalue weighted by atomic mass is 10.1. The Morgan fingerprint density at radius 1 is 1.06 bits per heavy atom. The second-order valence-corrected chi connectivity index (χ2v) is 7.97. The number of carbonyl (C=O) groups is 1. The first-order valence-electron chi connectivity index (χ1n) is 10.9. The molecule has 1 aromatic heterocycles. The number of nitrogens with one attached hydrogen (secondary N) is 3. The number of H-pyrrole nitrogens is 1. The molecule has 170 valence electrons. The number of methoxy groups -OCH3 is 1. The molecule has 1 heterocycles. The lowest BCUT2D eigenvalue weighted by Gasteiger charge is -2.14. The van der Waals surface area contributed by atoms with Gasteiger partial charge < -0.3 is 25.3 Å². The van der Waals surface area contributed by atoms with Crippen LogP contribution in [0.3, 0.4) is 0 Å². The monoisotopic (exact) mass is 435 g/mol. The summed E-state index contributed by atoms with van der Waals surface area (Å²) in [5.74, 6) is 1.46. The van der Waals surface area contributed by atoms with Gasteiger partial charge in [0.05, 0.1) is 7.11 Å². The molecule has 0 aliphatic heterocycles. The molecule has 3 rings (SSSR count). The number of hydrogen-bond donors (Lipinski definition) is 3. The van der Waals surface area contributed by atoms with Crippen molar-refractivity contribution in [3.8, 4) is 5.75 Å². The molecule has 0 bridgehead atoms. The van der Waals surface area contributed by atoms with Crippen LogP contribution in [0.5, 0.6) is 5.75 Å². The van der Waals surface area contributed by atoms with Crippen LogP contribution >= 0.6 is 0 Å². The zero-order chi connectivity index (χ0) is 22.9. The maximum absolute atomic E-state index is 12.0. The Kier molecular flexibility index (Phi) is 8.14. The summed E-state index contributed by atoms with van der Waals surface area (Å²) in [4.78, 5) is 21.4. The highest BCUT2D eigenvalue weighted by atomic mass is 16.5. The van der Waals surface area contributed by atoms with Gasteiger partial charge in [0.1, 0.15) is 12.3 Å². The van der Waals surface area contributed by atoms with E-state index in [9.17, 15) is 4.79 Å². The van der Waals surface area contributed by atoms with Crippen LogP contribution in [0.4, 0.5) is 0 Å². The molecule has 0 saturated heterocycles. The number of fused-ring (bicyclic) bond motifs is 1. The number of likely N-dealkylation sites (N-methyl/N-ethyl adjacent to an activating group) is 1. The summed E-state index contributed by atoms with van der Waals surface area (Å²) in [5, 5.41) is 8.00. The molecule has 7 nitrogen and oxygen atoms in total. The van der Waals surface area contributed by atoms with E-state index in [1.807, 2.05) is 12.1 Å². The number of guanidine groups is 1. The third-order valence-corrected chi connectivity index (χ3v) is 5.42. The average Bonchev–Trinajstić information content (AvgIpc) is 3.21. The standard InChI is InChI=1S/C25H33N5O2/c1-18-6-5-7-22-24(18)20(16-28-22)13-15-27-25(29-17-23(31)30(2)3)26-14-12-19-8-10-21(32-4)11-9-19/h5-11,16,28H,12-15,17H2,1-4H3,(H2,26,27,29). The summed E-state index contributed by atoms with van der Waals surface area (Å²) in [6, 6.07) is 14.3. The van der Waals surface area contributed by atoms with E-state index in [4.69, 9.17) is 4.74 Å². The van der Waals surface area contributed by atoms with Gasteiger partial charge in [-0.3, -0.25) is 4.79 Å². The molecule has 0 aliphatic rings. The fraction of sp³-hybridized carbons (Fsp3) is 0.360. The lowest BCUT2D eigenvalue weighted by molar-refractivity contribution is -0.127. The average molecular weight is 436 g/mol. The van der Waals surface area contributed by atoms with E-state index < -0.39 is 0 Å². The molecular weight excluding hydrogens is 402 g/mol. The highest BCUT2D eigenvalue weighted by Crippen LogP contribution is 2.22. The van der Waals surface area contributed by atoms with Crippen molar-refractivity contribution in [3.63, 3.8) is 0 Å². The Hall–Kier alpha value is -3.48. The van der Waals surface area contributed by atoms with Gasteiger partial charge in [-0.1, -0.05) is 24.3 Å². The number of carbonyl (C=O) groups excluding carboxylic acids is 1. The van der Waals surface area contributed by atoms with Crippen molar-refractivity contribution in [2.75, 3.05) is 40.8 Å². The van der Waals surface area contributed by atoms with Gasteiger partial charge in [0, 0.05) is 44.3 Å². The zero-order valence-corrected chi connectivity index (χ0v) is 19.4. The minimum absolute atomic E-state index is 0.0338. The summed E-state index contributed by atoms with van der Waals surface area (Å²) in [6.45, 7) is 3.66. The van der Waals surface area contributed by atoms with E-state index in [1.54, 1.807) is 26.1 Å². The smallest absolute Gasteiger partial charge is 0.243 e. The number of nitrogens with zero attached hydrogens (tertiary/aromatic N) is 2. The number of ether oxygens (including phenoxy) is 1. The van der Waals surface area contributed by atoms with Gasteiger partial charge in [-0.15, -0.1) is 0 Å². The number of benzene rings is 2. The van der Waals surface area contributed by atoms with Gasteiger partial charge in [-0.2, -0.15) is 0 Å². The molecule has 0 saturated carbocycles. The fourth-order valence-electron chi connectivity index (χ4n) is 3.54. The van der Waals surface area contributed by atoms with E-state index >= 15 is 0 Å². The third-order valence-electron chi connectivity index (χ3n) is 5.42. The Balaban J connectivity index is 1.58. The molecule has 0 atom stereocenters. The summed E-state index contributed by atoms with van der Waals surface area (Å²) in [6.07, 6.45) is 3.77. The number of aryl methyl sites for hydroxylation is 1. The highest BCUT2D eigenvalue weighted by molar-refractivity contribution is 5.87. The number of rotatable bonds is 9. The molecule has 3 aromatic rings. The van der Waals surface area contributed by atoms with Gasteiger partial charge in [0.25, 0.3) is 0 Å². The van der Waals surface area contributed by atoms with E-state index in [0.717, 1.165) is 24.1 Å². The SMILES string of the molecule is COc1ccc(CCNC(=NCC(=O)N(C)C)NCCc2c[nH]c3cccc(C)c23)cc1. The van der Waals surface area contributed by atoms with Crippen molar-refractivity contribution < 1.29 is 9.53 Å². The van der Waals surface area contributed by atoms with Crippen molar-refractivity contribution in [2.24, 2.45) is 4.99 Å². The van der Waals surface area contributed by atoms with Crippen LogP contribution in [-0.4, -0.2) is 62.6 Å². The van der Waals surface area contributed by atoms with Gasteiger partial charge in [0.15, 0.2) is 5.96 Å². The minimum atomic E-state index is -0.0338. The maximum atomic E-state index is 12.0. The lowest BCUT2D eigenvalue weighted by Crippen LogP contribution is -2.40. The number of amides is 1. The molecule has 0 radical (unpaired) electrons. The molecule has 0 unspecified atom stereocenters. The predicted octanol–water partition coefficient (Wildman–Crippen LogP) is 2.89. The number of aromatic amines is 1. The number of hydrogen-bond acceptors (Lipinski definition) is 3. The van der Waals surface area contributed by atoms with Crippen molar-refractivity contribution in [1.29, 1.82) is 0 Å². The Morgan fingerprint density at radius 3 is 2.47 bits per heavy atom. The number of aromatic nitrogens is 1. The van der Waals surface area contributed by atoms with Crippen LogP contribution in [-0.2, 0) is 17.6 Å². The summed E-state index contributed by atoms with van der Waals surface area (Å²) >= 11 is 0. The Labute approximate surface area is 189 Å². The topological polar surface area (TPSA) is 81.8 Å². The number of aliphatic imine (C=N–C) groups is 1. The highest BCUT2D eigenvalue weighted by Gasteiger charge is 2.08. The van der Waals surface area contributed by atoms with Gasteiger partial charge in [0.2, 0.25) is 5.91 Å². The summed E-state index contributed by atoms with van der Waals surface area (Å²) in [7, 11) is 5.14. The molecule has 1 amide bonds. The normalized spacial score (nSPS) is 11.4. The van der Waals surface area contributed by atoms with Crippen molar-refractivity contribution in [1.82, 2.24) is 20.5 Å². The Morgan fingerprint density at radius 2 is 1.78 bits per heavy atom. The third kappa shape index (κ3) is 6.26. The second-order valence-electron chi connectivity index (χ2n) is 7.97. The van der Waals surface area contributed by atoms with Crippen LogP contribution in [0.15, 0.2) is 53.7 Å². The largest absolute Gasteiger partial charge is 0.497 e. The fourth-order valence-corrected chi connectivity index (χ4v) is 3.54. The van der Waals surface area contributed by atoms with Crippen LogP contribution in [0, 0.1) is 6.92 Å². The Bertz CT molecular complexity index is 1050. The second kappa shape index (κ2) is 11.2. The van der Waals surface area contributed by atoms with Gasteiger partial charge in [-0.05, 0) is 54.7 Å². The van der Waals surface area contributed by atoms with Crippen LogP contribution in [0.1, 0.15) is 16.7 Å². The molecular formula is C25H33N5O2. The van der Waals surface area contributed by atoms with E-state index in [-0.39, 0.29) is 12.5 Å². The van der Waals surface area contributed by atoms with Crippen LogP contribution in [0.25, 0.3) is 10.9 Å². The van der Waals surface area contributed by atoms with Crippen molar-refractivity contribution in [2.45, 2.75) is 19.8 Å². The first-order chi connectivity index (χ1) is 15.5. The predicted molar refractivity (Wildman–Crippen MR) is 130 cm³/mol. The van der Waals surface area contributed by atoms with Gasteiger partial charge in [-0.25, -0.2) is 4.99 Å². The van der Waals surface area contributed by atoms with E-state index in [1.165, 1.54) is 22.1 Å². The molecule has 7 heteroatoms. The zero-order valence-electron chi connectivity index (χ0n) is 19.4. The molecule has 32 heavy (non-hydrogen) atoms. The first-order valence-corrected chi connectivity index (χ1v) is 10.9. The quantitative estimate of drug-likeness (QED) is 0.357. The maximum Gasteiger partial charge on any atom is 0.243 e. The van der Waals surface area contributed by atoms with E-state index in [0.29, 0.717) is 19.0 Å². The summed E-state index contributed by atoms with van der Waals surface area (Å²) < 4.78 is 5.21. The molecule has 2 aromatic carbocycles. The molecule has 0 aliphatic carbocycles. The van der Waals surface area contributed by atoms with Crippen LogP contribution < -0.4 is 15.4 Å². The van der Waals surface area contributed by atoms with Crippen LogP contribution in [0.2, 0.25) is 0 Å². The van der Waals surface area contributed by atoms with Gasteiger partial charge >= 0.3 is 0 Å². The molecule has 3 N–H and O–H groups in total. The minimum Gasteiger partial charge on any atom is -0.497 e. The van der Waals surface area contributed by atoms with E-state index in [2.05, 4.69) is 64.1 Å². The first kappa shape index (κ1) is 23.2. The molecule has 0 fully saturated rings. The van der Waals surface area contributed by atoms with Crippen molar-refractivity contribution >= 4 is 22.8 Å².